The van der Waals surface area contributed by atoms with Crippen molar-refractivity contribution in [3.63, 3.8) is 0 Å². The fraction of sp³-hybridized carbons (Fsp3) is 0.600. The summed E-state index contributed by atoms with van der Waals surface area (Å²) < 4.78 is 5.59. The van der Waals surface area contributed by atoms with Crippen LogP contribution >= 0.6 is 23.7 Å². The molecule has 2 heterocycles. The molecule has 0 amide bonds. The number of nitrogens with two attached hydrogens (primary N) is 1. The van der Waals surface area contributed by atoms with Gasteiger partial charge in [0.05, 0.1) is 12.7 Å². The van der Waals surface area contributed by atoms with Gasteiger partial charge in [-0.25, -0.2) is 0 Å². The second-order valence-electron chi connectivity index (χ2n) is 3.29. The quantitative estimate of drug-likeness (QED) is 0.851. The molecule has 1 atom stereocenters. The van der Waals surface area contributed by atoms with E-state index in [4.69, 9.17) is 10.5 Å². The van der Waals surface area contributed by atoms with Crippen LogP contribution in [0, 0.1) is 0 Å². The number of ether oxygens (including phenoxy) is 1. The summed E-state index contributed by atoms with van der Waals surface area (Å²) in [6.45, 7) is 3.63. The van der Waals surface area contributed by atoms with Crippen molar-refractivity contribution in [2.24, 2.45) is 5.73 Å². The van der Waals surface area contributed by atoms with Gasteiger partial charge in [-0.15, -0.1) is 23.7 Å². The maximum Gasteiger partial charge on any atom is 0.0958 e. The number of fused-ring (bicyclic) bond motifs is 1. The Kier molecular flexibility index (Phi) is 4.38. The second-order valence-corrected chi connectivity index (χ2v) is 4.51. The van der Waals surface area contributed by atoms with Crippen molar-refractivity contribution in [3.05, 3.63) is 21.4 Å². The lowest BCUT2D eigenvalue weighted by Crippen LogP contribution is -2.21. The zero-order valence-electron chi connectivity index (χ0n) is 8.29. The normalized spacial score (nSPS) is 20.0. The third-order valence-corrected chi connectivity index (χ3v) is 3.81. The zero-order valence-corrected chi connectivity index (χ0v) is 9.92. The van der Waals surface area contributed by atoms with Crippen LogP contribution in [0.15, 0.2) is 6.07 Å². The predicted molar refractivity (Wildman–Crippen MR) is 62.4 cm³/mol. The number of hydrogen-bond acceptors (Lipinski definition) is 3. The fourth-order valence-corrected chi connectivity index (χ4v) is 2.86. The molecule has 1 aromatic heterocycles. The van der Waals surface area contributed by atoms with Gasteiger partial charge >= 0.3 is 0 Å². The minimum absolute atomic E-state index is 0. The van der Waals surface area contributed by atoms with Gasteiger partial charge in [-0.1, -0.05) is 6.92 Å². The maximum absolute atomic E-state index is 5.65. The van der Waals surface area contributed by atoms with E-state index in [0.717, 1.165) is 19.4 Å². The van der Waals surface area contributed by atoms with Gasteiger partial charge in [0, 0.05) is 22.7 Å². The summed E-state index contributed by atoms with van der Waals surface area (Å²) in [7, 11) is 0. The Morgan fingerprint density at radius 2 is 2.43 bits per heavy atom. The van der Waals surface area contributed by atoms with Crippen LogP contribution in [0.5, 0.6) is 0 Å². The Labute approximate surface area is 94.9 Å². The summed E-state index contributed by atoms with van der Waals surface area (Å²) in [6, 6.07) is 2.26. The lowest BCUT2D eigenvalue weighted by atomic mass is 10.1. The highest BCUT2D eigenvalue weighted by atomic mass is 35.5. The molecule has 80 valence electrons. The van der Waals surface area contributed by atoms with Gasteiger partial charge in [-0.2, -0.15) is 0 Å². The van der Waals surface area contributed by atoms with Gasteiger partial charge in [0.2, 0.25) is 0 Å². The molecule has 14 heavy (non-hydrogen) atoms. The smallest absolute Gasteiger partial charge is 0.0958 e. The molecular weight excluding hydrogens is 218 g/mol. The first-order valence-electron chi connectivity index (χ1n) is 4.78. The molecule has 0 bridgehead atoms. The lowest BCUT2D eigenvalue weighted by Gasteiger charge is -2.21. The summed E-state index contributed by atoms with van der Waals surface area (Å²) >= 11 is 1.92. The second kappa shape index (κ2) is 5.12. The fourth-order valence-electron chi connectivity index (χ4n) is 1.72. The minimum Gasteiger partial charge on any atom is -0.372 e. The molecule has 2 N–H and O–H groups in total. The largest absolute Gasteiger partial charge is 0.372 e. The Morgan fingerprint density at radius 3 is 3.07 bits per heavy atom. The molecule has 0 spiro atoms. The standard InChI is InChI=1S/C10H15NOS.ClH/c1-2-7-5-8-9(6-11)12-4-3-10(8)13-7;/h5,9H,2-4,6,11H2,1H3;1H. The average Bonchev–Trinajstić information content (AvgIpc) is 2.59. The third-order valence-electron chi connectivity index (χ3n) is 2.45. The maximum atomic E-state index is 5.65. The number of thiophene rings is 1. The van der Waals surface area contributed by atoms with Crippen LogP contribution in [0.3, 0.4) is 0 Å². The first-order chi connectivity index (χ1) is 6.35. The Morgan fingerprint density at radius 1 is 1.64 bits per heavy atom. The van der Waals surface area contributed by atoms with Gasteiger partial charge in [-0.3, -0.25) is 0 Å². The van der Waals surface area contributed by atoms with Crippen LogP contribution in [0.4, 0.5) is 0 Å². The van der Waals surface area contributed by atoms with Crippen LogP contribution in [0.25, 0.3) is 0 Å². The molecule has 0 saturated carbocycles. The topological polar surface area (TPSA) is 35.2 Å². The van der Waals surface area contributed by atoms with Gasteiger partial charge in [0.25, 0.3) is 0 Å². The number of halogens is 1. The SMILES string of the molecule is CCc1cc2c(s1)CCOC2CN.Cl. The highest BCUT2D eigenvalue weighted by Gasteiger charge is 2.21. The van der Waals surface area contributed by atoms with E-state index in [2.05, 4.69) is 13.0 Å². The van der Waals surface area contributed by atoms with Crippen molar-refractivity contribution < 1.29 is 4.74 Å². The van der Waals surface area contributed by atoms with E-state index in [1.807, 2.05) is 11.3 Å². The van der Waals surface area contributed by atoms with E-state index in [1.54, 1.807) is 0 Å². The number of rotatable bonds is 2. The zero-order chi connectivity index (χ0) is 9.26. The summed E-state index contributed by atoms with van der Waals surface area (Å²) in [5, 5.41) is 0. The van der Waals surface area contributed by atoms with Crippen LogP contribution in [0.1, 0.15) is 28.3 Å². The van der Waals surface area contributed by atoms with Gasteiger partial charge in [0.15, 0.2) is 0 Å². The Hall–Kier alpha value is -0.0900. The average molecular weight is 234 g/mol. The monoisotopic (exact) mass is 233 g/mol. The van der Waals surface area contributed by atoms with Gasteiger partial charge in [-0.05, 0) is 18.1 Å². The molecule has 4 heteroatoms. The Balaban J connectivity index is 0.000000980. The highest BCUT2D eigenvalue weighted by molar-refractivity contribution is 7.12. The van der Waals surface area contributed by atoms with Crippen LogP contribution in [-0.2, 0) is 17.6 Å². The van der Waals surface area contributed by atoms with Gasteiger partial charge in [0.1, 0.15) is 0 Å². The molecule has 0 saturated heterocycles. The minimum atomic E-state index is 0. The van der Waals surface area contributed by atoms with Crippen molar-refractivity contribution in [1.82, 2.24) is 0 Å². The van der Waals surface area contributed by atoms with Crippen LogP contribution in [0.2, 0.25) is 0 Å². The molecule has 2 rings (SSSR count). The molecule has 1 aliphatic rings. The summed E-state index contributed by atoms with van der Waals surface area (Å²) in [5.74, 6) is 0. The highest BCUT2D eigenvalue weighted by Crippen LogP contribution is 2.33. The van der Waals surface area contributed by atoms with E-state index >= 15 is 0 Å². The molecule has 1 aliphatic heterocycles. The molecule has 1 aromatic rings. The molecule has 0 radical (unpaired) electrons. The van der Waals surface area contributed by atoms with Gasteiger partial charge < -0.3 is 10.5 Å². The Bertz CT molecular complexity index is 300. The van der Waals surface area contributed by atoms with E-state index in [0.29, 0.717) is 6.54 Å². The summed E-state index contributed by atoms with van der Waals surface area (Å²) in [5.41, 5.74) is 6.99. The number of aryl methyl sites for hydroxylation is 1. The van der Waals surface area contributed by atoms with Crippen LogP contribution in [-0.4, -0.2) is 13.2 Å². The number of hydrogen-bond donors (Lipinski definition) is 1. The summed E-state index contributed by atoms with van der Waals surface area (Å²) in [4.78, 5) is 2.94. The van der Waals surface area contributed by atoms with E-state index < -0.39 is 0 Å². The molecule has 0 fully saturated rings. The van der Waals surface area contributed by atoms with Crippen molar-refractivity contribution in [3.8, 4) is 0 Å². The predicted octanol–water partition coefficient (Wildman–Crippen LogP) is 2.30. The molecule has 0 aromatic carbocycles. The van der Waals surface area contributed by atoms with Crippen molar-refractivity contribution in [2.45, 2.75) is 25.9 Å². The lowest BCUT2D eigenvalue weighted by molar-refractivity contribution is 0.0498. The van der Waals surface area contributed by atoms with Crippen LogP contribution < -0.4 is 5.73 Å². The summed E-state index contributed by atoms with van der Waals surface area (Å²) in [6.07, 6.45) is 2.34. The van der Waals surface area contributed by atoms with Crippen molar-refractivity contribution in [1.29, 1.82) is 0 Å². The molecule has 1 unspecified atom stereocenters. The van der Waals surface area contributed by atoms with E-state index in [-0.39, 0.29) is 18.5 Å². The molecule has 0 aliphatic carbocycles. The van der Waals surface area contributed by atoms with E-state index in [1.165, 1.54) is 15.3 Å². The van der Waals surface area contributed by atoms with E-state index in [9.17, 15) is 0 Å². The van der Waals surface area contributed by atoms with Crippen molar-refractivity contribution in [2.75, 3.05) is 13.2 Å². The van der Waals surface area contributed by atoms with Crippen molar-refractivity contribution >= 4 is 23.7 Å². The first kappa shape index (κ1) is 12.0. The third kappa shape index (κ3) is 2.11. The first-order valence-corrected chi connectivity index (χ1v) is 5.60. The molecule has 2 nitrogen and oxygen atoms in total. The molecular formula is C10H16ClNOS.